The molecule has 2 aromatic carbocycles. The number of nitrogens with zero attached hydrogens (tertiary/aromatic N) is 1. The predicted molar refractivity (Wildman–Crippen MR) is 87.7 cm³/mol. The van der Waals surface area contributed by atoms with Crippen LogP contribution in [0.1, 0.15) is 16.6 Å². The largest absolute Gasteiger partial charge is 0.504 e. The molecule has 0 aliphatic rings. The number of thiazole rings is 1. The molecule has 3 rings (SSSR count). The van der Waals surface area contributed by atoms with Crippen molar-refractivity contribution in [2.24, 2.45) is 5.73 Å². The standard InChI is InChI=1S/C15H13BrN2O2S/c16-9-2-4-14-11(7-9)18-15(21-14)10(17)5-8-1-3-12(19)13(20)6-8/h1-4,6-7,10,19-20H,5,17H2. The number of phenols is 2. The quantitative estimate of drug-likeness (QED) is 0.618. The summed E-state index contributed by atoms with van der Waals surface area (Å²) < 4.78 is 2.08. The molecule has 0 aliphatic heterocycles. The van der Waals surface area contributed by atoms with Crippen molar-refractivity contribution in [1.82, 2.24) is 4.98 Å². The number of benzene rings is 2. The first kappa shape index (κ1) is 14.3. The predicted octanol–water partition coefficient (Wildman–Crippen LogP) is 3.71. The Bertz CT molecular complexity index is 803. The fourth-order valence-corrected chi connectivity index (χ4v) is 3.41. The molecule has 4 nitrogen and oxygen atoms in total. The van der Waals surface area contributed by atoms with E-state index in [1.54, 1.807) is 17.4 Å². The molecule has 0 spiro atoms. The number of phenolic OH excluding ortho intramolecular Hbond substituents is 2. The number of fused-ring (bicyclic) bond motifs is 1. The molecule has 6 heteroatoms. The van der Waals surface area contributed by atoms with Crippen LogP contribution in [0.5, 0.6) is 11.5 Å². The first-order valence-corrected chi connectivity index (χ1v) is 7.96. The van der Waals surface area contributed by atoms with Gasteiger partial charge in [0.15, 0.2) is 11.5 Å². The summed E-state index contributed by atoms with van der Waals surface area (Å²) in [6.45, 7) is 0. The average Bonchev–Trinajstić information content (AvgIpc) is 2.86. The minimum atomic E-state index is -0.245. The van der Waals surface area contributed by atoms with E-state index in [1.165, 1.54) is 12.1 Å². The Labute approximate surface area is 134 Å². The Morgan fingerprint density at radius 3 is 2.71 bits per heavy atom. The lowest BCUT2D eigenvalue weighted by Gasteiger charge is -2.09. The van der Waals surface area contributed by atoms with Crippen molar-refractivity contribution in [2.45, 2.75) is 12.5 Å². The highest BCUT2D eigenvalue weighted by Gasteiger charge is 2.14. The van der Waals surface area contributed by atoms with Gasteiger partial charge in [-0.1, -0.05) is 22.0 Å². The average molecular weight is 365 g/mol. The number of hydrogen-bond donors (Lipinski definition) is 3. The molecule has 1 aromatic heterocycles. The lowest BCUT2D eigenvalue weighted by molar-refractivity contribution is 0.403. The van der Waals surface area contributed by atoms with Crippen LogP contribution in [-0.2, 0) is 6.42 Å². The van der Waals surface area contributed by atoms with E-state index in [-0.39, 0.29) is 17.5 Å². The van der Waals surface area contributed by atoms with Crippen LogP contribution in [0.2, 0.25) is 0 Å². The number of aromatic nitrogens is 1. The van der Waals surface area contributed by atoms with Crippen LogP contribution in [0.3, 0.4) is 0 Å². The number of aromatic hydroxyl groups is 2. The molecule has 0 saturated heterocycles. The van der Waals surface area contributed by atoms with Crippen molar-refractivity contribution in [3.63, 3.8) is 0 Å². The van der Waals surface area contributed by atoms with E-state index in [2.05, 4.69) is 20.9 Å². The summed E-state index contributed by atoms with van der Waals surface area (Å²) in [6.07, 6.45) is 0.550. The molecule has 1 unspecified atom stereocenters. The second-order valence-electron chi connectivity index (χ2n) is 4.80. The SMILES string of the molecule is NC(Cc1ccc(O)c(O)c1)c1nc2cc(Br)ccc2s1. The van der Waals surface area contributed by atoms with Gasteiger partial charge in [-0.25, -0.2) is 4.98 Å². The van der Waals surface area contributed by atoms with E-state index in [9.17, 15) is 10.2 Å². The summed E-state index contributed by atoms with van der Waals surface area (Å²) in [7, 11) is 0. The second-order valence-corrected chi connectivity index (χ2v) is 6.78. The van der Waals surface area contributed by atoms with Crippen molar-refractivity contribution in [3.8, 4) is 11.5 Å². The van der Waals surface area contributed by atoms with Gasteiger partial charge in [-0.2, -0.15) is 0 Å². The molecule has 0 saturated carbocycles. The Kier molecular flexibility index (Phi) is 3.84. The minimum absolute atomic E-state index is 0.128. The molecule has 1 heterocycles. The third-order valence-corrected chi connectivity index (χ3v) is 4.84. The number of nitrogens with two attached hydrogens (primary N) is 1. The number of hydrogen-bond acceptors (Lipinski definition) is 5. The summed E-state index contributed by atoms with van der Waals surface area (Å²) in [5.74, 6) is -0.259. The highest BCUT2D eigenvalue weighted by molar-refractivity contribution is 9.10. The van der Waals surface area contributed by atoms with Crippen LogP contribution < -0.4 is 5.73 Å². The fourth-order valence-electron chi connectivity index (χ4n) is 2.11. The number of rotatable bonds is 3. The van der Waals surface area contributed by atoms with Crippen molar-refractivity contribution >= 4 is 37.5 Å². The summed E-state index contributed by atoms with van der Waals surface area (Å²) in [4.78, 5) is 4.56. The van der Waals surface area contributed by atoms with Crippen molar-refractivity contribution in [1.29, 1.82) is 0 Å². The zero-order valence-corrected chi connectivity index (χ0v) is 13.4. The lowest BCUT2D eigenvalue weighted by atomic mass is 10.1. The van der Waals surface area contributed by atoms with Gasteiger partial charge in [0.1, 0.15) is 5.01 Å². The van der Waals surface area contributed by atoms with Gasteiger partial charge in [0.25, 0.3) is 0 Å². The van der Waals surface area contributed by atoms with Crippen LogP contribution in [-0.4, -0.2) is 15.2 Å². The highest BCUT2D eigenvalue weighted by Crippen LogP contribution is 2.31. The molecule has 0 bridgehead atoms. The molecular weight excluding hydrogens is 352 g/mol. The van der Waals surface area contributed by atoms with Crippen LogP contribution >= 0.6 is 27.3 Å². The van der Waals surface area contributed by atoms with E-state index in [4.69, 9.17) is 5.73 Å². The van der Waals surface area contributed by atoms with E-state index < -0.39 is 0 Å². The maximum Gasteiger partial charge on any atom is 0.157 e. The first-order valence-electron chi connectivity index (χ1n) is 6.35. The third-order valence-electron chi connectivity index (χ3n) is 3.18. The molecule has 1 atom stereocenters. The van der Waals surface area contributed by atoms with Crippen molar-refractivity contribution in [3.05, 3.63) is 51.4 Å². The third kappa shape index (κ3) is 3.02. The Morgan fingerprint density at radius 2 is 1.95 bits per heavy atom. The molecule has 4 N–H and O–H groups in total. The van der Waals surface area contributed by atoms with Gasteiger partial charge in [-0.3, -0.25) is 0 Å². The molecular formula is C15H13BrN2O2S. The highest BCUT2D eigenvalue weighted by atomic mass is 79.9. The monoisotopic (exact) mass is 364 g/mol. The lowest BCUT2D eigenvalue weighted by Crippen LogP contribution is -2.12. The van der Waals surface area contributed by atoms with Crippen molar-refractivity contribution < 1.29 is 10.2 Å². The molecule has 0 fully saturated rings. The van der Waals surface area contributed by atoms with Gasteiger partial charge in [-0.05, 0) is 42.3 Å². The van der Waals surface area contributed by atoms with Gasteiger partial charge in [0.2, 0.25) is 0 Å². The summed E-state index contributed by atoms with van der Waals surface area (Å²) in [5.41, 5.74) is 7.99. The van der Waals surface area contributed by atoms with Crippen LogP contribution in [0.4, 0.5) is 0 Å². The van der Waals surface area contributed by atoms with Gasteiger partial charge >= 0.3 is 0 Å². The van der Waals surface area contributed by atoms with Gasteiger partial charge in [0.05, 0.1) is 16.3 Å². The van der Waals surface area contributed by atoms with E-state index in [0.29, 0.717) is 6.42 Å². The van der Waals surface area contributed by atoms with Crippen LogP contribution in [0.15, 0.2) is 40.9 Å². The van der Waals surface area contributed by atoms with Crippen LogP contribution in [0, 0.1) is 0 Å². The normalized spacial score (nSPS) is 12.7. The molecule has 108 valence electrons. The zero-order valence-electron chi connectivity index (χ0n) is 11.0. The Morgan fingerprint density at radius 1 is 1.14 bits per heavy atom. The van der Waals surface area contributed by atoms with Gasteiger partial charge < -0.3 is 15.9 Å². The first-order chi connectivity index (χ1) is 10.0. The fraction of sp³-hybridized carbons (Fsp3) is 0.133. The molecule has 21 heavy (non-hydrogen) atoms. The molecule has 3 aromatic rings. The van der Waals surface area contributed by atoms with Crippen LogP contribution in [0.25, 0.3) is 10.2 Å². The molecule has 0 aliphatic carbocycles. The van der Waals surface area contributed by atoms with Crippen molar-refractivity contribution in [2.75, 3.05) is 0 Å². The summed E-state index contributed by atoms with van der Waals surface area (Å²) in [5, 5.41) is 19.7. The Hall–Kier alpha value is -1.63. The maximum absolute atomic E-state index is 9.52. The van der Waals surface area contributed by atoms with Gasteiger partial charge in [0, 0.05) is 4.47 Å². The smallest absolute Gasteiger partial charge is 0.157 e. The maximum atomic E-state index is 9.52. The molecule has 0 amide bonds. The Balaban J connectivity index is 1.85. The molecule has 0 radical (unpaired) electrons. The topological polar surface area (TPSA) is 79.4 Å². The minimum Gasteiger partial charge on any atom is -0.504 e. The van der Waals surface area contributed by atoms with E-state index >= 15 is 0 Å². The second kappa shape index (κ2) is 5.63. The van der Waals surface area contributed by atoms with E-state index in [0.717, 1.165) is 25.3 Å². The van der Waals surface area contributed by atoms with E-state index in [1.807, 2.05) is 18.2 Å². The van der Waals surface area contributed by atoms with Gasteiger partial charge in [-0.15, -0.1) is 11.3 Å². The zero-order chi connectivity index (χ0) is 15.0. The summed E-state index contributed by atoms with van der Waals surface area (Å²) >= 11 is 5.00. The summed E-state index contributed by atoms with van der Waals surface area (Å²) in [6, 6.07) is 10.5. The number of halogens is 1.